The summed E-state index contributed by atoms with van der Waals surface area (Å²) in [6.45, 7) is 4.89. The molecule has 0 aromatic heterocycles. The summed E-state index contributed by atoms with van der Waals surface area (Å²) in [5, 5.41) is 4.94. The van der Waals surface area contributed by atoms with E-state index < -0.39 is 10.8 Å². The van der Waals surface area contributed by atoms with Gasteiger partial charge in [-0.2, -0.15) is 0 Å². The molecule has 322 valence electrons. The molecule has 13 rings (SSSR count). The smallest absolute Gasteiger partial charge is 0.0719 e. The standard InChI is InChI=1S/C66H48N2/c1-65(2)62-43-51(67(48-25-8-4-9-26-48)50-29-20-24-46(41-50)45-21-6-3-7-22-45)37-39-60(62)66(58-35-18-16-32-55(58)56-33-17-19-36-59(56)66)61-40-38-52(44-63(61)65)68(49-27-10-5-11-28-49)64-42-47-23-12-13-30-53(47)54-31-14-15-34-57(54)64/h3-44H,1-2H3. The minimum absolute atomic E-state index is 0.420. The predicted molar refractivity (Wildman–Crippen MR) is 286 cm³/mol. The molecule has 0 unspecified atom stereocenters. The molecule has 2 heteroatoms. The van der Waals surface area contributed by atoms with E-state index >= 15 is 0 Å². The molecule has 0 fully saturated rings. The van der Waals surface area contributed by atoms with E-state index in [9.17, 15) is 0 Å². The van der Waals surface area contributed by atoms with Crippen molar-refractivity contribution in [1.29, 1.82) is 0 Å². The number of fused-ring (bicyclic) bond motifs is 12. The van der Waals surface area contributed by atoms with Gasteiger partial charge in [0.05, 0.1) is 11.1 Å². The molecule has 0 heterocycles. The Morgan fingerprint density at radius 2 is 0.735 bits per heavy atom. The fourth-order valence-corrected chi connectivity index (χ4v) is 11.8. The summed E-state index contributed by atoms with van der Waals surface area (Å²) >= 11 is 0. The van der Waals surface area contributed by atoms with Gasteiger partial charge >= 0.3 is 0 Å². The highest BCUT2D eigenvalue weighted by atomic mass is 15.1. The third kappa shape index (κ3) is 5.97. The van der Waals surface area contributed by atoms with Gasteiger partial charge in [0.1, 0.15) is 0 Å². The normalized spacial score (nSPS) is 13.7. The van der Waals surface area contributed by atoms with Crippen molar-refractivity contribution < 1.29 is 0 Å². The molecule has 1 spiro atoms. The summed E-state index contributed by atoms with van der Waals surface area (Å²) in [7, 11) is 0. The average Bonchev–Trinajstić information content (AvgIpc) is 3.70. The van der Waals surface area contributed by atoms with Gasteiger partial charge in [-0.25, -0.2) is 0 Å². The molecule has 68 heavy (non-hydrogen) atoms. The molecule has 2 aliphatic rings. The van der Waals surface area contributed by atoms with Crippen LogP contribution in [0.15, 0.2) is 255 Å². The van der Waals surface area contributed by atoms with Crippen molar-refractivity contribution in [3.63, 3.8) is 0 Å². The zero-order valence-corrected chi connectivity index (χ0v) is 38.1. The van der Waals surface area contributed by atoms with Gasteiger partial charge in [0, 0.05) is 39.2 Å². The lowest BCUT2D eigenvalue weighted by Gasteiger charge is -2.47. The largest absolute Gasteiger partial charge is 0.310 e. The number of nitrogens with zero attached hydrogens (tertiary/aromatic N) is 2. The van der Waals surface area contributed by atoms with E-state index in [0.717, 1.165) is 34.1 Å². The Kier molecular flexibility index (Phi) is 9.13. The first-order valence-corrected chi connectivity index (χ1v) is 23.8. The second-order valence-electron chi connectivity index (χ2n) is 18.8. The maximum atomic E-state index is 2.52. The van der Waals surface area contributed by atoms with Crippen molar-refractivity contribution >= 4 is 55.7 Å². The molecule has 11 aromatic carbocycles. The van der Waals surface area contributed by atoms with Crippen LogP contribution in [0, 0.1) is 0 Å². The number of rotatable bonds is 7. The fourth-order valence-electron chi connectivity index (χ4n) is 11.8. The summed E-state index contributed by atoms with van der Waals surface area (Å²) < 4.78 is 0. The van der Waals surface area contributed by atoms with Crippen molar-refractivity contribution in [3.8, 4) is 22.3 Å². The Bertz CT molecular complexity index is 3680. The maximum Gasteiger partial charge on any atom is 0.0719 e. The average molecular weight is 869 g/mol. The number of para-hydroxylation sites is 2. The number of hydrogen-bond acceptors (Lipinski definition) is 2. The van der Waals surface area contributed by atoms with Gasteiger partial charge in [-0.15, -0.1) is 0 Å². The van der Waals surface area contributed by atoms with Gasteiger partial charge in [-0.1, -0.05) is 202 Å². The fraction of sp³-hybridized carbons (Fsp3) is 0.0606. The summed E-state index contributed by atoms with van der Waals surface area (Å²) in [5.74, 6) is 0. The van der Waals surface area contributed by atoms with E-state index in [4.69, 9.17) is 0 Å². The SMILES string of the molecule is CC1(C)c2cc(N(c3ccccc3)c3cccc(-c4ccccc4)c3)ccc2C2(c3ccccc3-c3ccccc32)c2ccc(N(c3ccccc3)c3cc4ccccc4c4ccccc34)cc21. The Balaban J connectivity index is 1.08. The zero-order valence-electron chi connectivity index (χ0n) is 38.1. The maximum absolute atomic E-state index is 2.52. The van der Waals surface area contributed by atoms with Gasteiger partial charge in [-0.3, -0.25) is 0 Å². The van der Waals surface area contributed by atoms with E-state index in [1.165, 1.54) is 77.2 Å². The molecular weight excluding hydrogens is 821 g/mol. The Morgan fingerprint density at radius 3 is 1.37 bits per heavy atom. The summed E-state index contributed by atoms with van der Waals surface area (Å²) in [6, 6.07) is 94.4. The zero-order chi connectivity index (χ0) is 45.4. The third-order valence-electron chi connectivity index (χ3n) is 14.9. The highest BCUT2D eigenvalue weighted by Gasteiger charge is 2.53. The lowest BCUT2D eigenvalue weighted by molar-refractivity contribution is 0.563. The lowest BCUT2D eigenvalue weighted by atomic mass is 9.55. The summed E-state index contributed by atoms with van der Waals surface area (Å²) in [5.41, 5.74) is 18.7. The molecular formula is C66H48N2. The molecule has 0 saturated carbocycles. The van der Waals surface area contributed by atoms with Gasteiger partial charge in [-0.05, 0) is 139 Å². The molecule has 2 nitrogen and oxygen atoms in total. The Morgan fingerprint density at radius 1 is 0.279 bits per heavy atom. The second kappa shape index (κ2) is 15.6. The minimum Gasteiger partial charge on any atom is -0.310 e. The van der Waals surface area contributed by atoms with Gasteiger partial charge in [0.15, 0.2) is 0 Å². The predicted octanol–water partition coefficient (Wildman–Crippen LogP) is 17.6. The molecule has 0 aliphatic heterocycles. The number of anilines is 6. The van der Waals surface area contributed by atoms with Crippen LogP contribution >= 0.6 is 0 Å². The molecule has 0 radical (unpaired) electrons. The van der Waals surface area contributed by atoms with Crippen LogP contribution < -0.4 is 9.80 Å². The lowest BCUT2D eigenvalue weighted by Crippen LogP contribution is -2.41. The van der Waals surface area contributed by atoms with Crippen molar-refractivity contribution in [3.05, 3.63) is 288 Å². The van der Waals surface area contributed by atoms with Crippen LogP contribution in [0.25, 0.3) is 43.8 Å². The van der Waals surface area contributed by atoms with E-state index in [1.54, 1.807) is 0 Å². The van der Waals surface area contributed by atoms with Gasteiger partial charge in [0.2, 0.25) is 0 Å². The first kappa shape index (κ1) is 39.9. The minimum atomic E-state index is -0.553. The third-order valence-corrected chi connectivity index (χ3v) is 14.9. The van der Waals surface area contributed by atoms with E-state index in [0.29, 0.717) is 0 Å². The second-order valence-corrected chi connectivity index (χ2v) is 18.8. The van der Waals surface area contributed by atoms with Crippen molar-refractivity contribution in [2.45, 2.75) is 24.7 Å². The first-order chi connectivity index (χ1) is 33.5. The molecule has 11 aromatic rings. The van der Waals surface area contributed by atoms with Gasteiger partial charge in [0.25, 0.3) is 0 Å². The quantitative estimate of drug-likeness (QED) is 0.147. The van der Waals surface area contributed by atoms with Crippen molar-refractivity contribution in [2.24, 2.45) is 0 Å². The molecule has 0 N–H and O–H groups in total. The van der Waals surface area contributed by atoms with Crippen LogP contribution in [-0.4, -0.2) is 0 Å². The molecule has 0 saturated heterocycles. The topological polar surface area (TPSA) is 6.48 Å². The van der Waals surface area contributed by atoms with Crippen LogP contribution in [0.1, 0.15) is 47.2 Å². The van der Waals surface area contributed by atoms with E-state index in [1.807, 2.05) is 0 Å². The van der Waals surface area contributed by atoms with Crippen molar-refractivity contribution in [1.82, 2.24) is 0 Å². The highest BCUT2D eigenvalue weighted by molar-refractivity contribution is 6.14. The highest BCUT2D eigenvalue weighted by Crippen LogP contribution is 2.63. The number of benzene rings is 11. The van der Waals surface area contributed by atoms with E-state index in [2.05, 4.69) is 278 Å². The van der Waals surface area contributed by atoms with Crippen LogP contribution in [0.4, 0.5) is 34.1 Å². The molecule has 0 bridgehead atoms. The van der Waals surface area contributed by atoms with E-state index in [-0.39, 0.29) is 0 Å². The number of hydrogen-bond donors (Lipinski definition) is 0. The molecule has 0 amide bonds. The van der Waals surface area contributed by atoms with Crippen LogP contribution in [0.2, 0.25) is 0 Å². The van der Waals surface area contributed by atoms with Crippen LogP contribution in [-0.2, 0) is 10.8 Å². The van der Waals surface area contributed by atoms with Crippen LogP contribution in [0.5, 0.6) is 0 Å². The monoisotopic (exact) mass is 868 g/mol. The molecule has 0 atom stereocenters. The van der Waals surface area contributed by atoms with Crippen LogP contribution in [0.3, 0.4) is 0 Å². The van der Waals surface area contributed by atoms with Crippen molar-refractivity contribution in [2.75, 3.05) is 9.80 Å². The Hall–Kier alpha value is -8.46. The first-order valence-electron chi connectivity index (χ1n) is 23.8. The van der Waals surface area contributed by atoms with Gasteiger partial charge < -0.3 is 9.80 Å². The summed E-state index contributed by atoms with van der Waals surface area (Å²) in [4.78, 5) is 4.91. The molecule has 2 aliphatic carbocycles. The Labute approximate surface area is 398 Å². The summed E-state index contributed by atoms with van der Waals surface area (Å²) in [6.07, 6.45) is 0.